The van der Waals surface area contributed by atoms with Crippen molar-refractivity contribution in [3.63, 3.8) is 0 Å². The van der Waals surface area contributed by atoms with Gasteiger partial charge in [0.2, 0.25) is 5.88 Å². The lowest BCUT2D eigenvalue weighted by molar-refractivity contribution is 0.290. The number of unbranched alkanes of at least 4 members (excludes halogenated alkanes) is 5. The quantitative estimate of drug-likeness (QED) is 0.678. The van der Waals surface area contributed by atoms with E-state index < -0.39 is 0 Å². The number of aromatic nitrogens is 2. The molecule has 0 saturated heterocycles. The van der Waals surface area contributed by atoms with Crippen LogP contribution in [-0.2, 0) is 0 Å². The van der Waals surface area contributed by atoms with Crippen LogP contribution in [0.5, 0.6) is 5.88 Å². The highest BCUT2D eigenvalue weighted by atomic mass is 79.9. The summed E-state index contributed by atoms with van der Waals surface area (Å²) in [6.45, 7) is 2.97. The van der Waals surface area contributed by atoms with Crippen molar-refractivity contribution in [2.45, 2.75) is 45.4 Å². The summed E-state index contributed by atoms with van der Waals surface area (Å²) in [6, 6.07) is 0. The van der Waals surface area contributed by atoms with Crippen molar-refractivity contribution in [1.29, 1.82) is 0 Å². The SMILES string of the molecule is CCCCCCCCOc1ncncc1Br. The molecular weight excluding hydrogens is 268 g/mol. The monoisotopic (exact) mass is 286 g/mol. The predicted molar refractivity (Wildman–Crippen MR) is 68.6 cm³/mol. The Balaban J connectivity index is 2.05. The van der Waals surface area contributed by atoms with Crippen molar-refractivity contribution in [3.8, 4) is 5.88 Å². The van der Waals surface area contributed by atoms with Gasteiger partial charge in [0, 0.05) is 6.20 Å². The molecule has 0 aliphatic carbocycles. The fourth-order valence-electron chi connectivity index (χ4n) is 1.46. The van der Waals surface area contributed by atoms with Gasteiger partial charge in [0.05, 0.1) is 11.1 Å². The van der Waals surface area contributed by atoms with E-state index >= 15 is 0 Å². The third-order valence-corrected chi connectivity index (χ3v) is 2.91. The molecule has 0 radical (unpaired) electrons. The standard InChI is InChI=1S/C12H19BrN2O/c1-2-3-4-5-6-7-8-16-12-11(13)9-14-10-15-12/h9-10H,2-8H2,1H3. The lowest BCUT2D eigenvalue weighted by Crippen LogP contribution is -2.00. The molecule has 0 amide bonds. The largest absolute Gasteiger partial charge is 0.477 e. The molecular formula is C12H19BrN2O. The van der Waals surface area contributed by atoms with Crippen LogP contribution in [-0.4, -0.2) is 16.6 Å². The van der Waals surface area contributed by atoms with Crippen LogP contribution in [0.1, 0.15) is 45.4 Å². The number of rotatable bonds is 8. The van der Waals surface area contributed by atoms with Crippen molar-refractivity contribution >= 4 is 15.9 Å². The smallest absolute Gasteiger partial charge is 0.231 e. The van der Waals surface area contributed by atoms with Gasteiger partial charge in [-0.15, -0.1) is 0 Å². The lowest BCUT2D eigenvalue weighted by Gasteiger charge is -2.05. The van der Waals surface area contributed by atoms with Crippen LogP contribution in [0.25, 0.3) is 0 Å². The molecule has 1 heterocycles. The molecule has 0 bridgehead atoms. The predicted octanol–water partition coefficient (Wildman–Crippen LogP) is 3.98. The number of hydrogen-bond donors (Lipinski definition) is 0. The van der Waals surface area contributed by atoms with Gasteiger partial charge in [-0.1, -0.05) is 39.0 Å². The molecule has 3 nitrogen and oxygen atoms in total. The summed E-state index contributed by atoms with van der Waals surface area (Å²) in [6.07, 6.45) is 10.8. The molecule has 1 rings (SSSR count). The first-order chi connectivity index (χ1) is 7.84. The minimum Gasteiger partial charge on any atom is -0.477 e. The van der Waals surface area contributed by atoms with Gasteiger partial charge in [-0.2, -0.15) is 0 Å². The Morgan fingerprint density at radius 2 is 1.94 bits per heavy atom. The molecule has 0 fully saturated rings. The van der Waals surface area contributed by atoms with E-state index in [1.807, 2.05) is 0 Å². The molecule has 0 aromatic carbocycles. The van der Waals surface area contributed by atoms with Gasteiger partial charge in [0.25, 0.3) is 0 Å². The fourth-order valence-corrected chi connectivity index (χ4v) is 1.79. The topological polar surface area (TPSA) is 35.0 Å². The molecule has 1 aromatic rings. The molecule has 90 valence electrons. The van der Waals surface area contributed by atoms with Gasteiger partial charge < -0.3 is 4.74 Å². The number of nitrogens with zero attached hydrogens (tertiary/aromatic N) is 2. The van der Waals surface area contributed by atoms with E-state index in [9.17, 15) is 0 Å². The highest BCUT2D eigenvalue weighted by Gasteiger charge is 2.00. The van der Waals surface area contributed by atoms with Crippen molar-refractivity contribution < 1.29 is 4.74 Å². The van der Waals surface area contributed by atoms with Crippen molar-refractivity contribution in [3.05, 3.63) is 17.0 Å². The first-order valence-electron chi connectivity index (χ1n) is 5.93. The third kappa shape index (κ3) is 5.45. The second-order valence-electron chi connectivity index (χ2n) is 3.79. The molecule has 0 aliphatic heterocycles. The van der Waals surface area contributed by atoms with E-state index in [1.54, 1.807) is 6.20 Å². The summed E-state index contributed by atoms with van der Waals surface area (Å²) >= 11 is 3.35. The number of hydrogen-bond acceptors (Lipinski definition) is 3. The van der Waals surface area contributed by atoms with Crippen LogP contribution >= 0.6 is 15.9 Å². The van der Waals surface area contributed by atoms with Gasteiger partial charge in [-0.25, -0.2) is 9.97 Å². The van der Waals surface area contributed by atoms with E-state index in [2.05, 4.69) is 32.8 Å². The second-order valence-corrected chi connectivity index (χ2v) is 4.65. The van der Waals surface area contributed by atoms with Crippen LogP contribution < -0.4 is 4.74 Å². The number of ether oxygens (including phenoxy) is 1. The maximum Gasteiger partial charge on any atom is 0.231 e. The van der Waals surface area contributed by atoms with Crippen LogP contribution in [0.2, 0.25) is 0 Å². The highest BCUT2D eigenvalue weighted by Crippen LogP contribution is 2.19. The molecule has 0 spiro atoms. The average Bonchev–Trinajstić information content (AvgIpc) is 2.30. The maximum atomic E-state index is 5.55. The molecule has 0 atom stereocenters. The Bertz CT molecular complexity index is 294. The average molecular weight is 287 g/mol. The summed E-state index contributed by atoms with van der Waals surface area (Å²) < 4.78 is 6.37. The van der Waals surface area contributed by atoms with E-state index in [4.69, 9.17) is 4.74 Å². The van der Waals surface area contributed by atoms with Gasteiger partial charge >= 0.3 is 0 Å². The van der Waals surface area contributed by atoms with Gasteiger partial charge in [0.15, 0.2) is 0 Å². The van der Waals surface area contributed by atoms with E-state index in [0.29, 0.717) is 5.88 Å². The minimum absolute atomic E-state index is 0.642. The maximum absolute atomic E-state index is 5.55. The highest BCUT2D eigenvalue weighted by molar-refractivity contribution is 9.10. The molecule has 1 aromatic heterocycles. The van der Waals surface area contributed by atoms with E-state index in [0.717, 1.165) is 17.5 Å². The normalized spacial score (nSPS) is 10.4. The van der Waals surface area contributed by atoms with Gasteiger partial charge in [-0.3, -0.25) is 0 Å². The van der Waals surface area contributed by atoms with Crippen molar-refractivity contribution in [2.24, 2.45) is 0 Å². The molecule has 0 N–H and O–H groups in total. The summed E-state index contributed by atoms with van der Waals surface area (Å²) in [5.41, 5.74) is 0. The first-order valence-corrected chi connectivity index (χ1v) is 6.72. The lowest BCUT2D eigenvalue weighted by atomic mass is 10.1. The Labute approximate surface area is 106 Å². The molecule has 0 unspecified atom stereocenters. The summed E-state index contributed by atoms with van der Waals surface area (Å²) in [4.78, 5) is 7.93. The van der Waals surface area contributed by atoms with E-state index in [-0.39, 0.29) is 0 Å². The zero-order valence-electron chi connectivity index (χ0n) is 9.79. The summed E-state index contributed by atoms with van der Waals surface area (Å²) in [7, 11) is 0. The van der Waals surface area contributed by atoms with Crippen LogP contribution in [0.4, 0.5) is 0 Å². The third-order valence-electron chi connectivity index (χ3n) is 2.37. The first kappa shape index (κ1) is 13.4. The summed E-state index contributed by atoms with van der Waals surface area (Å²) in [5, 5.41) is 0. The Kier molecular flexibility index (Phi) is 7.14. The fraction of sp³-hybridized carbons (Fsp3) is 0.667. The Hall–Kier alpha value is -0.640. The molecule has 0 saturated carbocycles. The van der Waals surface area contributed by atoms with Gasteiger partial charge in [-0.05, 0) is 22.4 Å². The van der Waals surface area contributed by atoms with Crippen LogP contribution in [0.3, 0.4) is 0 Å². The van der Waals surface area contributed by atoms with Gasteiger partial charge in [0.1, 0.15) is 6.33 Å². The van der Waals surface area contributed by atoms with Crippen LogP contribution in [0.15, 0.2) is 17.0 Å². The molecule has 0 aliphatic rings. The Morgan fingerprint density at radius 3 is 2.69 bits per heavy atom. The van der Waals surface area contributed by atoms with E-state index in [1.165, 1.54) is 38.4 Å². The van der Waals surface area contributed by atoms with Crippen LogP contribution in [0, 0.1) is 0 Å². The zero-order chi connectivity index (χ0) is 11.6. The minimum atomic E-state index is 0.642. The zero-order valence-corrected chi connectivity index (χ0v) is 11.4. The van der Waals surface area contributed by atoms with Crippen molar-refractivity contribution in [1.82, 2.24) is 9.97 Å². The number of halogens is 1. The van der Waals surface area contributed by atoms with Crippen molar-refractivity contribution in [2.75, 3.05) is 6.61 Å². The second kappa shape index (κ2) is 8.50. The molecule has 4 heteroatoms. The molecule has 16 heavy (non-hydrogen) atoms. The Morgan fingerprint density at radius 1 is 1.19 bits per heavy atom. The summed E-state index contributed by atoms with van der Waals surface area (Å²) in [5.74, 6) is 0.642.